The zero-order valence-corrected chi connectivity index (χ0v) is 21.3. The van der Waals surface area contributed by atoms with Gasteiger partial charge in [-0.25, -0.2) is 4.79 Å². The van der Waals surface area contributed by atoms with Crippen LogP contribution in [0.25, 0.3) is 0 Å². The number of phenols is 1. The average Bonchev–Trinajstić information content (AvgIpc) is 3.36. The van der Waals surface area contributed by atoms with Crippen molar-refractivity contribution in [1.29, 1.82) is 0 Å². The van der Waals surface area contributed by atoms with E-state index >= 15 is 0 Å². The molecule has 1 aliphatic heterocycles. The summed E-state index contributed by atoms with van der Waals surface area (Å²) < 4.78 is 0. The maximum atomic E-state index is 13.1. The number of amides is 4. The second kappa shape index (κ2) is 14.9. The molecule has 0 aliphatic carbocycles. The Morgan fingerprint density at radius 1 is 1.03 bits per heavy atom. The maximum absolute atomic E-state index is 13.1. The number of hydrogen-bond acceptors (Lipinski definition) is 8. The number of benzene rings is 1. The number of carbonyl (C=O) groups excluding carboxylic acids is 4. The molecule has 0 radical (unpaired) electrons. The Labute approximate surface area is 221 Å². The van der Waals surface area contributed by atoms with Gasteiger partial charge in [-0.3, -0.25) is 19.2 Å². The minimum atomic E-state index is -1.34. The van der Waals surface area contributed by atoms with Crippen LogP contribution >= 0.6 is 0 Å². The molecule has 0 saturated carbocycles. The highest BCUT2D eigenvalue weighted by Gasteiger charge is 2.37. The number of carboxylic acids is 1. The third-order valence-electron chi connectivity index (χ3n) is 6.43. The van der Waals surface area contributed by atoms with Gasteiger partial charge in [0.1, 0.15) is 23.9 Å². The molecule has 2 rings (SSSR count). The minimum absolute atomic E-state index is 0.00911. The summed E-state index contributed by atoms with van der Waals surface area (Å²) in [6.45, 7) is 0.829. The van der Waals surface area contributed by atoms with Crippen LogP contribution in [0, 0.1) is 0 Å². The number of unbranched alkanes of at least 4 members (excludes halogenated alkanes) is 1. The fourth-order valence-corrected chi connectivity index (χ4v) is 4.31. The van der Waals surface area contributed by atoms with Crippen molar-refractivity contribution in [1.82, 2.24) is 15.5 Å². The molecule has 1 aromatic carbocycles. The molecule has 210 valence electrons. The van der Waals surface area contributed by atoms with Gasteiger partial charge in [0.05, 0.1) is 6.04 Å². The molecule has 13 nitrogen and oxygen atoms in total. The topological polar surface area (TPSA) is 231 Å². The van der Waals surface area contributed by atoms with Gasteiger partial charge in [0, 0.05) is 19.4 Å². The molecular weight excluding hydrogens is 496 g/mol. The number of phenolic OH excluding ortho intramolecular Hbond substituents is 1. The first-order valence-electron chi connectivity index (χ1n) is 12.7. The average molecular weight is 535 g/mol. The largest absolute Gasteiger partial charge is 0.508 e. The smallest absolute Gasteiger partial charge is 0.326 e. The lowest BCUT2D eigenvalue weighted by atomic mass is 10.0. The molecule has 0 aromatic heterocycles. The van der Waals surface area contributed by atoms with E-state index in [1.165, 1.54) is 29.2 Å². The van der Waals surface area contributed by atoms with Crippen molar-refractivity contribution in [2.75, 3.05) is 13.1 Å². The number of nitrogens with two attached hydrogens (primary N) is 3. The van der Waals surface area contributed by atoms with Gasteiger partial charge in [-0.05, 0) is 56.3 Å². The van der Waals surface area contributed by atoms with Crippen LogP contribution < -0.4 is 27.8 Å². The Bertz CT molecular complexity index is 987. The zero-order chi connectivity index (χ0) is 28.2. The molecule has 0 bridgehead atoms. The monoisotopic (exact) mass is 534 g/mol. The summed E-state index contributed by atoms with van der Waals surface area (Å²) in [6.07, 6.45) is 2.32. The van der Waals surface area contributed by atoms with Gasteiger partial charge in [-0.15, -0.1) is 0 Å². The van der Waals surface area contributed by atoms with E-state index < -0.39 is 47.9 Å². The second-order valence-electron chi connectivity index (χ2n) is 9.42. The molecule has 10 N–H and O–H groups in total. The van der Waals surface area contributed by atoms with Crippen LogP contribution in [0.4, 0.5) is 0 Å². The molecule has 4 amide bonds. The van der Waals surface area contributed by atoms with E-state index in [9.17, 15) is 34.2 Å². The van der Waals surface area contributed by atoms with Crippen molar-refractivity contribution in [2.45, 2.75) is 75.5 Å². The number of likely N-dealkylation sites (tertiary alicyclic amines) is 1. The van der Waals surface area contributed by atoms with Gasteiger partial charge in [-0.2, -0.15) is 0 Å². The molecule has 1 saturated heterocycles. The zero-order valence-electron chi connectivity index (χ0n) is 21.3. The van der Waals surface area contributed by atoms with E-state index in [1.54, 1.807) is 0 Å². The van der Waals surface area contributed by atoms with Gasteiger partial charge < -0.3 is 42.9 Å². The molecule has 1 fully saturated rings. The fourth-order valence-electron chi connectivity index (χ4n) is 4.31. The van der Waals surface area contributed by atoms with E-state index in [2.05, 4.69) is 10.6 Å². The number of aromatic hydroxyl groups is 1. The quantitative estimate of drug-likeness (QED) is 0.132. The van der Waals surface area contributed by atoms with Crippen molar-refractivity contribution < 1.29 is 34.2 Å². The Morgan fingerprint density at radius 2 is 1.71 bits per heavy atom. The molecule has 4 atom stereocenters. The van der Waals surface area contributed by atoms with E-state index in [1.807, 2.05) is 0 Å². The molecule has 13 heteroatoms. The fraction of sp³-hybridized carbons (Fsp3) is 0.560. The van der Waals surface area contributed by atoms with Crippen LogP contribution in [-0.4, -0.2) is 82.0 Å². The Hall–Kier alpha value is -3.71. The Kier molecular flexibility index (Phi) is 12.0. The lowest BCUT2D eigenvalue weighted by Crippen LogP contribution is -2.57. The Balaban J connectivity index is 2.10. The number of nitrogens with one attached hydrogen (secondary N) is 2. The van der Waals surface area contributed by atoms with Crippen LogP contribution in [-0.2, 0) is 30.4 Å². The Morgan fingerprint density at radius 3 is 2.32 bits per heavy atom. The first-order valence-corrected chi connectivity index (χ1v) is 12.7. The summed E-state index contributed by atoms with van der Waals surface area (Å²) in [6, 6.07) is 1.62. The minimum Gasteiger partial charge on any atom is -0.508 e. The maximum Gasteiger partial charge on any atom is 0.326 e. The summed E-state index contributed by atoms with van der Waals surface area (Å²) in [5.41, 5.74) is 17.3. The van der Waals surface area contributed by atoms with Crippen LogP contribution in [0.1, 0.15) is 50.5 Å². The van der Waals surface area contributed by atoms with E-state index in [-0.39, 0.29) is 30.9 Å². The van der Waals surface area contributed by atoms with Gasteiger partial charge in [0.25, 0.3) is 0 Å². The number of primary amides is 1. The summed E-state index contributed by atoms with van der Waals surface area (Å²) in [4.78, 5) is 63.7. The molecule has 4 unspecified atom stereocenters. The van der Waals surface area contributed by atoms with Crippen molar-refractivity contribution in [3.63, 3.8) is 0 Å². The number of nitrogens with zero attached hydrogens (tertiary/aromatic N) is 1. The van der Waals surface area contributed by atoms with Crippen molar-refractivity contribution in [3.8, 4) is 5.75 Å². The third kappa shape index (κ3) is 9.30. The number of hydrogen-bond donors (Lipinski definition) is 7. The normalized spacial score (nSPS) is 17.3. The van der Waals surface area contributed by atoms with Crippen molar-refractivity contribution >= 4 is 29.6 Å². The lowest BCUT2D eigenvalue weighted by molar-refractivity contribution is -0.143. The first-order chi connectivity index (χ1) is 18.0. The van der Waals surface area contributed by atoms with Gasteiger partial charge in [0.15, 0.2) is 0 Å². The summed E-state index contributed by atoms with van der Waals surface area (Å²) in [5.74, 6) is -3.76. The summed E-state index contributed by atoms with van der Waals surface area (Å²) in [5, 5.41) is 24.0. The molecule has 1 aliphatic rings. The number of carboxylic acid groups (broad SMARTS) is 1. The molecule has 0 spiro atoms. The van der Waals surface area contributed by atoms with Crippen molar-refractivity contribution in [3.05, 3.63) is 29.8 Å². The van der Waals surface area contributed by atoms with Gasteiger partial charge >= 0.3 is 5.97 Å². The van der Waals surface area contributed by atoms with Crippen LogP contribution in [0.3, 0.4) is 0 Å². The van der Waals surface area contributed by atoms with E-state index in [4.69, 9.17) is 17.2 Å². The highest BCUT2D eigenvalue weighted by molar-refractivity contribution is 5.94. The lowest BCUT2D eigenvalue weighted by Gasteiger charge is -2.28. The summed E-state index contributed by atoms with van der Waals surface area (Å²) in [7, 11) is 0. The number of carbonyl (C=O) groups is 5. The highest BCUT2D eigenvalue weighted by Crippen LogP contribution is 2.20. The van der Waals surface area contributed by atoms with Crippen LogP contribution in [0.5, 0.6) is 5.75 Å². The molecule has 1 aromatic rings. The van der Waals surface area contributed by atoms with Gasteiger partial charge in [0.2, 0.25) is 23.6 Å². The van der Waals surface area contributed by atoms with Crippen LogP contribution in [0.2, 0.25) is 0 Å². The highest BCUT2D eigenvalue weighted by atomic mass is 16.4. The predicted octanol–water partition coefficient (Wildman–Crippen LogP) is -1.30. The predicted molar refractivity (Wildman–Crippen MR) is 137 cm³/mol. The number of rotatable bonds is 15. The SMILES string of the molecule is NCCCCC(N)C(=O)N1CCCC1C(=O)NC(CCC(N)=O)C(=O)NC(Cc1ccc(O)cc1)C(=O)O. The van der Waals surface area contributed by atoms with Gasteiger partial charge in [-0.1, -0.05) is 18.6 Å². The van der Waals surface area contributed by atoms with E-state index in [0.717, 1.165) is 6.42 Å². The first kappa shape index (κ1) is 30.5. The third-order valence-corrected chi connectivity index (χ3v) is 6.43. The molecule has 38 heavy (non-hydrogen) atoms. The summed E-state index contributed by atoms with van der Waals surface area (Å²) >= 11 is 0. The second-order valence-corrected chi connectivity index (χ2v) is 9.42. The number of aliphatic carboxylic acids is 1. The molecular formula is C25H38N6O7. The van der Waals surface area contributed by atoms with E-state index in [0.29, 0.717) is 44.3 Å². The molecule has 1 heterocycles. The standard InChI is InChI=1S/C25H38N6O7/c26-12-2-1-4-17(27)24(36)31-13-3-5-20(31)23(35)29-18(10-11-21(28)33)22(34)30-19(25(37)38)14-15-6-8-16(32)9-7-15/h6-9,17-20,32H,1-5,10-14,26-27H2,(H2,28,33)(H,29,35)(H,30,34)(H,37,38). The van der Waals surface area contributed by atoms with Crippen molar-refractivity contribution in [2.24, 2.45) is 17.2 Å². The van der Waals surface area contributed by atoms with Crippen LogP contribution in [0.15, 0.2) is 24.3 Å².